The number of piperazine rings is 1. The fraction of sp³-hybridized carbons (Fsp3) is 0.379. The summed E-state index contributed by atoms with van der Waals surface area (Å²) >= 11 is 0. The molecule has 0 saturated carbocycles. The smallest absolute Gasteiger partial charge is 0.254 e. The number of anilines is 1. The number of nitrogen functional groups attached to an aromatic ring is 1. The highest BCUT2D eigenvalue weighted by molar-refractivity contribution is 5.96. The van der Waals surface area contributed by atoms with E-state index in [1.807, 2.05) is 36.1 Å². The Morgan fingerprint density at radius 3 is 2.75 bits per heavy atom. The number of hydrogen-bond acceptors (Lipinski definition) is 6. The van der Waals surface area contributed by atoms with Gasteiger partial charge < -0.3 is 10.6 Å². The van der Waals surface area contributed by atoms with Crippen LogP contribution in [0, 0.1) is 18.8 Å². The van der Waals surface area contributed by atoms with Crippen molar-refractivity contribution in [2.24, 2.45) is 0 Å². The molecule has 0 spiro atoms. The predicted molar refractivity (Wildman–Crippen MR) is 141 cm³/mol. The maximum Gasteiger partial charge on any atom is 0.254 e. The first-order valence-electron chi connectivity index (χ1n) is 12.7. The van der Waals surface area contributed by atoms with Gasteiger partial charge in [0.15, 0.2) is 0 Å². The number of pyridine rings is 1. The molecule has 2 fully saturated rings. The van der Waals surface area contributed by atoms with E-state index in [-0.39, 0.29) is 5.91 Å². The zero-order valence-corrected chi connectivity index (χ0v) is 21.0. The summed E-state index contributed by atoms with van der Waals surface area (Å²) in [5.74, 6) is 7.02. The van der Waals surface area contributed by atoms with E-state index in [9.17, 15) is 4.79 Å². The molecule has 2 aliphatic rings. The van der Waals surface area contributed by atoms with Crippen LogP contribution in [0.3, 0.4) is 0 Å². The fourth-order valence-electron chi connectivity index (χ4n) is 5.22. The molecule has 0 bridgehead atoms. The van der Waals surface area contributed by atoms with E-state index in [0.717, 1.165) is 65.3 Å². The van der Waals surface area contributed by atoms with Gasteiger partial charge in [-0.3, -0.25) is 9.69 Å². The molecule has 1 atom stereocenters. The molecule has 2 aliphatic heterocycles. The second-order valence-corrected chi connectivity index (χ2v) is 9.59. The third kappa shape index (κ3) is 4.95. The molecule has 1 amide bonds. The molecule has 7 nitrogen and oxygen atoms in total. The average Bonchev–Trinajstić information content (AvgIpc) is 2.92. The number of nitrogens with two attached hydrogens (primary N) is 1. The average molecular weight is 481 g/mol. The number of carbonyl (C=O) groups is 1. The fourth-order valence-corrected chi connectivity index (χ4v) is 5.22. The number of piperidine rings is 1. The van der Waals surface area contributed by atoms with Crippen LogP contribution in [0.15, 0.2) is 42.9 Å². The van der Waals surface area contributed by atoms with Crippen molar-refractivity contribution in [3.63, 3.8) is 0 Å². The molecule has 2 saturated heterocycles. The first-order chi connectivity index (χ1) is 17.5. The minimum atomic E-state index is 0.122. The van der Waals surface area contributed by atoms with Gasteiger partial charge in [-0.1, -0.05) is 31.3 Å². The lowest BCUT2D eigenvalue weighted by atomic mass is 9.96. The summed E-state index contributed by atoms with van der Waals surface area (Å²) in [6.45, 7) is 7.81. The number of hydrogen-bond donors (Lipinski definition) is 1. The van der Waals surface area contributed by atoms with Crippen molar-refractivity contribution in [1.82, 2.24) is 24.8 Å². The Kier molecular flexibility index (Phi) is 6.97. The van der Waals surface area contributed by atoms with Crippen molar-refractivity contribution in [1.29, 1.82) is 0 Å². The highest BCUT2D eigenvalue weighted by Crippen LogP contribution is 2.27. The first-order valence-corrected chi connectivity index (χ1v) is 12.7. The van der Waals surface area contributed by atoms with Gasteiger partial charge in [-0.05, 0) is 62.6 Å². The lowest BCUT2D eigenvalue weighted by molar-refractivity contribution is 0.0372. The molecule has 2 N–H and O–H groups in total. The standard InChI is InChI=1S/C29H32N6O/c1-3-26-25(10-7-21-8-12-27(30)31-17-21)28(33-19-32-26)22-9-11-24(20(2)16-22)29(36)35-15-14-34-13-5-4-6-23(34)18-35/h8-9,11-12,16-17,19,23H,3-6,13-15,18H2,1-2H3,(H2,30,31). The molecule has 4 heterocycles. The Morgan fingerprint density at radius 1 is 1.08 bits per heavy atom. The molecule has 0 aliphatic carbocycles. The largest absolute Gasteiger partial charge is 0.384 e. The summed E-state index contributed by atoms with van der Waals surface area (Å²) in [6.07, 6.45) is 7.71. The van der Waals surface area contributed by atoms with E-state index >= 15 is 0 Å². The Balaban J connectivity index is 1.42. The highest BCUT2D eigenvalue weighted by atomic mass is 16.2. The molecular weight excluding hydrogens is 448 g/mol. The zero-order chi connectivity index (χ0) is 25.1. The quantitative estimate of drug-likeness (QED) is 0.575. The maximum atomic E-state index is 13.4. The normalized spacial score (nSPS) is 17.7. The summed E-state index contributed by atoms with van der Waals surface area (Å²) in [6, 6.07) is 10.1. The maximum absolute atomic E-state index is 13.4. The van der Waals surface area contributed by atoms with Crippen LogP contribution in [0.1, 0.15) is 58.9 Å². The van der Waals surface area contributed by atoms with Crippen LogP contribution < -0.4 is 5.73 Å². The molecule has 1 unspecified atom stereocenters. The number of amides is 1. The van der Waals surface area contributed by atoms with Gasteiger partial charge in [-0.2, -0.15) is 0 Å². The highest BCUT2D eigenvalue weighted by Gasteiger charge is 2.31. The number of nitrogens with zero attached hydrogens (tertiary/aromatic N) is 5. The number of aromatic nitrogens is 3. The molecule has 2 aromatic heterocycles. The van der Waals surface area contributed by atoms with Gasteiger partial charge in [-0.25, -0.2) is 15.0 Å². The summed E-state index contributed by atoms with van der Waals surface area (Å²) in [7, 11) is 0. The second kappa shape index (κ2) is 10.5. The lowest BCUT2D eigenvalue weighted by Gasteiger charge is -2.44. The monoisotopic (exact) mass is 480 g/mol. The minimum Gasteiger partial charge on any atom is -0.384 e. The summed E-state index contributed by atoms with van der Waals surface area (Å²) < 4.78 is 0. The van der Waals surface area contributed by atoms with Crippen molar-refractivity contribution in [3.8, 4) is 23.1 Å². The van der Waals surface area contributed by atoms with Gasteiger partial charge in [0, 0.05) is 48.6 Å². The van der Waals surface area contributed by atoms with E-state index in [0.29, 0.717) is 11.9 Å². The Labute approximate surface area is 212 Å². The second-order valence-electron chi connectivity index (χ2n) is 9.59. The molecule has 184 valence electrons. The lowest BCUT2D eigenvalue weighted by Crippen LogP contribution is -2.56. The third-order valence-corrected chi connectivity index (χ3v) is 7.23. The number of benzene rings is 1. The van der Waals surface area contributed by atoms with Crippen LogP contribution in [-0.4, -0.2) is 62.9 Å². The molecule has 1 aromatic carbocycles. The van der Waals surface area contributed by atoms with Crippen molar-refractivity contribution < 1.29 is 4.79 Å². The van der Waals surface area contributed by atoms with Crippen LogP contribution in [0.5, 0.6) is 0 Å². The van der Waals surface area contributed by atoms with Crippen LogP contribution in [0.2, 0.25) is 0 Å². The van der Waals surface area contributed by atoms with Gasteiger partial charge in [0.25, 0.3) is 5.91 Å². The molecule has 36 heavy (non-hydrogen) atoms. The van der Waals surface area contributed by atoms with E-state index in [4.69, 9.17) is 5.73 Å². The van der Waals surface area contributed by atoms with Crippen LogP contribution in [0.4, 0.5) is 5.82 Å². The minimum absolute atomic E-state index is 0.122. The molecule has 5 rings (SSSR count). The van der Waals surface area contributed by atoms with E-state index in [1.54, 1.807) is 18.6 Å². The Morgan fingerprint density at radius 2 is 1.97 bits per heavy atom. The number of carbonyl (C=O) groups excluding carboxylic acids is 1. The van der Waals surface area contributed by atoms with Crippen LogP contribution in [0.25, 0.3) is 11.3 Å². The SMILES string of the molecule is CCc1ncnc(-c2ccc(C(=O)N3CCN4CCCCC4C3)c(C)c2)c1C#Cc1ccc(N)nc1. The topological polar surface area (TPSA) is 88.2 Å². The predicted octanol–water partition coefficient (Wildman–Crippen LogP) is 3.70. The Bertz CT molecular complexity index is 1320. The van der Waals surface area contributed by atoms with E-state index in [2.05, 4.69) is 38.6 Å². The summed E-state index contributed by atoms with van der Waals surface area (Å²) in [4.78, 5) is 31.2. The summed E-state index contributed by atoms with van der Waals surface area (Å²) in [5, 5.41) is 0. The first kappa shape index (κ1) is 24.0. The number of rotatable bonds is 3. The number of fused-ring (bicyclic) bond motifs is 1. The van der Waals surface area contributed by atoms with Gasteiger partial charge >= 0.3 is 0 Å². The molecular formula is C29H32N6O. The zero-order valence-electron chi connectivity index (χ0n) is 21.0. The third-order valence-electron chi connectivity index (χ3n) is 7.23. The molecule has 3 aromatic rings. The molecule has 7 heteroatoms. The van der Waals surface area contributed by atoms with Crippen molar-refractivity contribution >= 4 is 11.7 Å². The number of aryl methyl sites for hydroxylation is 2. The van der Waals surface area contributed by atoms with Crippen LogP contribution in [-0.2, 0) is 6.42 Å². The van der Waals surface area contributed by atoms with Gasteiger partial charge in [-0.15, -0.1) is 0 Å². The van der Waals surface area contributed by atoms with Crippen molar-refractivity contribution in [2.75, 3.05) is 31.9 Å². The summed E-state index contributed by atoms with van der Waals surface area (Å²) in [5.41, 5.74) is 11.6. The Hall–Kier alpha value is -3.76. The van der Waals surface area contributed by atoms with E-state index < -0.39 is 0 Å². The van der Waals surface area contributed by atoms with Gasteiger partial charge in [0.1, 0.15) is 12.1 Å². The van der Waals surface area contributed by atoms with Gasteiger partial charge in [0.2, 0.25) is 0 Å². The van der Waals surface area contributed by atoms with Crippen molar-refractivity contribution in [3.05, 3.63) is 70.8 Å². The molecule has 0 radical (unpaired) electrons. The van der Waals surface area contributed by atoms with Crippen LogP contribution >= 0.6 is 0 Å². The van der Waals surface area contributed by atoms with Crippen molar-refractivity contribution in [2.45, 2.75) is 45.6 Å². The van der Waals surface area contributed by atoms with E-state index in [1.165, 1.54) is 25.8 Å². The van der Waals surface area contributed by atoms with Gasteiger partial charge in [0.05, 0.1) is 17.0 Å².